The van der Waals surface area contributed by atoms with Crippen molar-refractivity contribution < 1.29 is 5.21 Å². The molecule has 0 amide bonds. The van der Waals surface area contributed by atoms with E-state index in [0.29, 0.717) is 0 Å². The fourth-order valence-corrected chi connectivity index (χ4v) is 0.763. The highest BCUT2D eigenvalue weighted by Gasteiger charge is 1.95. The molecular formula is C6H10N2O. The van der Waals surface area contributed by atoms with Crippen LogP contribution in [0.15, 0.2) is 12.3 Å². The predicted octanol–water partition coefficient (Wildman–Crippen LogP) is 1.07. The lowest BCUT2D eigenvalue weighted by molar-refractivity contribution is 0.140. The molecule has 1 rings (SSSR count). The van der Waals surface area contributed by atoms with E-state index in [-0.39, 0.29) is 0 Å². The average Bonchev–Trinajstić information content (AvgIpc) is 2.18. The predicted molar refractivity (Wildman–Crippen MR) is 33.4 cm³/mol. The monoisotopic (exact) mass is 126 g/mol. The quantitative estimate of drug-likeness (QED) is 0.602. The van der Waals surface area contributed by atoms with Gasteiger partial charge in [0, 0.05) is 0 Å². The molecule has 1 N–H and O–H groups in total. The van der Waals surface area contributed by atoms with Crippen LogP contribution in [0, 0.1) is 0 Å². The second-order valence-corrected chi connectivity index (χ2v) is 1.96. The van der Waals surface area contributed by atoms with E-state index in [1.54, 1.807) is 6.20 Å². The molecule has 3 heteroatoms. The Labute approximate surface area is 53.9 Å². The van der Waals surface area contributed by atoms with E-state index in [0.717, 1.165) is 23.4 Å². The molecule has 0 atom stereocenters. The first kappa shape index (κ1) is 6.13. The van der Waals surface area contributed by atoms with Crippen LogP contribution in [0.25, 0.3) is 0 Å². The van der Waals surface area contributed by atoms with Crippen molar-refractivity contribution in [1.82, 2.24) is 9.94 Å². The zero-order chi connectivity index (χ0) is 6.69. The van der Waals surface area contributed by atoms with Gasteiger partial charge in [0.1, 0.15) is 0 Å². The molecule has 9 heavy (non-hydrogen) atoms. The summed E-state index contributed by atoms with van der Waals surface area (Å²) in [5.41, 5.74) is 0.873. The highest BCUT2D eigenvalue weighted by molar-refractivity contribution is 4.98. The Morgan fingerprint density at radius 1 is 1.78 bits per heavy atom. The van der Waals surface area contributed by atoms with Gasteiger partial charge < -0.3 is 5.21 Å². The first-order valence-electron chi connectivity index (χ1n) is 3.06. The lowest BCUT2D eigenvalue weighted by Gasteiger charge is -1.94. The molecule has 1 aromatic rings. The van der Waals surface area contributed by atoms with Crippen LogP contribution in [-0.4, -0.2) is 15.2 Å². The summed E-state index contributed by atoms with van der Waals surface area (Å²) < 4.78 is 0. The summed E-state index contributed by atoms with van der Waals surface area (Å²) in [6.07, 6.45) is 3.51. The third kappa shape index (κ3) is 1.22. The maximum absolute atomic E-state index is 8.89. The van der Waals surface area contributed by atoms with Crippen LogP contribution in [0.1, 0.15) is 19.0 Å². The summed E-state index contributed by atoms with van der Waals surface area (Å²) in [5, 5.41) is 12.5. The third-order valence-electron chi connectivity index (χ3n) is 1.21. The smallest absolute Gasteiger partial charge is 0.0798 e. The molecule has 0 radical (unpaired) electrons. The molecule has 1 aromatic heterocycles. The first-order chi connectivity index (χ1) is 4.34. The summed E-state index contributed by atoms with van der Waals surface area (Å²) in [5.74, 6) is 0. The zero-order valence-corrected chi connectivity index (χ0v) is 5.41. The van der Waals surface area contributed by atoms with E-state index in [2.05, 4.69) is 12.0 Å². The minimum atomic E-state index is 0.873. The van der Waals surface area contributed by atoms with Gasteiger partial charge in [-0.25, -0.2) is 0 Å². The normalized spacial score (nSPS) is 9.89. The van der Waals surface area contributed by atoms with Crippen LogP contribution in [0.3, 0.4) is 0 Å². The molecule has 50 valence electrons. The van der Waals surface area contributed by atoms with Gasteiger partial charge in [-0.2, -0.15) is 0 Å². The van der Waals surface area contributed by atoms with Gasteiger partial charge in [0.05, 0.1) is 11.9 Å². The van der Waals surface area contributed by atoms with Crippen molar-refractivity contribution in [2.24, 2.45) is 0 Å². The van der Waals surface area contributed by atoms with E-state index in [4.69, 9.17) is 5.21 Å². The van der Waals surface area contributed by atoms with E-state index >= 15 is 0 Å². The van der Waals surface area contributed by atoms with Crippen molar-refractivity contribution in [3.63, 3.8) is 0 Å². The van der Waals surface area contributed by atoms with Crippen molar-refractivity contribution in [2.45, 2.75) is 19.8 Å². The minimum absolute atomic E-state index is 0.873. The fourth-order valence-electron chi connectivity index (χ4n) is 0.763. The highest BCUT2D eigenvalue weighted by atomic mass is 16.5. The van der Waals surface area contributed by atoms with Crippen LogP contribution in [0.2, 0.25) is 0 Å². The van der Waals surface area contributed by atoms with Crippen molar-refractivity contribution in [3.8, 4) is 0 Å². The lowest BCUT2D eigenvalue weighted by Crippen LogP contribution is -1.98. The summed E-state index contributed by atoms with van der Waals surface area (Å²) in [6, 6.07) is 1.81. The van der Waals surface area contributed by atoms with Gasteiger partial charge in [-0.05, 0) is 12.5 Å². The molecule has 0 spiro atoms. The van der Waals surface area contributed by atoms with Gasteiger partial charge in [0.25, 0.3) is 0 Å². The van der Waals surface area contributed by atoms with Crippen LogP contribution in [0.5, 0.6) is 0 Å². The Bertz CT molecular complexity index is 183. The molecule has 0 bridgehead atoms. The Morgan fingerprint density at radius 3 is 3.00 bits per heavy atom. The molecule has 0 aliphatic rings. The van der Waals surface area contributed by atoms with Gasteiger partial charge in [0.2, 0.25) is 0 Å². The number of aryl methyl sites for hydroxylation is 1. The Hall–Kier alpha value is -0.990. The van der Waals surface area contributed by atoms with E-state index in [9.17, 15) is 0 Å². The van der Waals surface area contributed by atoms with Gasteiger partial charge in [0.15, 0.2) is 0 Å². The molecule has 0 aliphatic carbocycles. The molecule has 0 saturated heterocycles. The molecular weight excluding hydrogens is 116 g/mol. The van der Waals surface area contributed by atoms with Gasteiger partial charge >= 0.3 is 0 Å². The van der Waals surface area contributed by atoms with E-state index < -0.39 is 0 Å². The molecule has 0 aromatic carbocycles. The van der Waals surface area contributed by atoms with Crippen LogP contribution in [-0.2, 0) is 6.42 Å². The molecule has 0 saturated carbocycles. The molecule has 0 aliphatic heterocycles. The fraction of sp³-hybridized carbons (Fsp3) is 0.500. The van der Waals surface area contributed by atoms with Gasteiger partial charge in [-0.15, -0.1) is 9.94 Å². The van der Waals surface area contributed by atoms with Crippen molar-refractivity contribution in [3.05, 3.63) is 18.0 Å². The molecule has 0 unspecified atom stereocenters. The topological polar surface area (TPSA) is 38.0 Å². The molecule has 3 nitrogen and oxygen atoms in total. The largest absolute Gasteiger partial charge is 0.411 e. The minimum Gasteiger partial charge on any atom is -0.411 e. The zero-order valence-electron chi connectivity index (χ0n) is 5.41. The second-order valence-electron chi connectivity index (χ2n) is 1.96. The number of hydrogen-bond donors (Lipinski definition) is 1. The number of nitrogens with zero attached hydrogens (tertiary/aromatic N) is 2. The third-order valence-corrected chi connectivity index (χ3v) is 1.21. The Balaban J connectivity index is 2.69. The maximum atomic E-state index is 8.89. The van der Waals surface area contributed by atoms with Crippen LogP contribution < -0.4 is 0 Å². The standard InChI is InChI=1S/C6H10N2O/c1-2-3-6-4-5-7-8(6)9/h4-5,9H,2-3H2,1H3. The van der Waals surface area contributed by atoms with E-state index in [1.165, 1.54) is 0 Å². The Kier molecular flexibility index (Phi) is 1.72. The van der Waals surface area contributed by atoms with Crippen LogP contribution in [0.4, 0.5) is 0 Å². The summed E-state index contributed by atoms with van der Waals surface area (Å²) in [4.78, 5) is 0.920. The second kappa shape index (κ2) is 2.53. The number of rotatable bonds is 2. The Morgan fingerprint density at radius 2 is 2.56 bits per heavy atom. The van der Waals surface area contributed by atoms with Crippen LogP contribution >= 0.6 is 0 Å². The number of hydrogen-bond acceptors (Lipinski definition) is 2. The maximum Gasteiger partial charge on any atom is 0.0798 e. The average molecular weight is 126 g/mol. The SMILES string of the molecule is CCCc1ccnn1O. The molecule has 0 fully saturated rings. The van der Waals surface area contributed by atoms with Crippen molar-refractivity contribution in [1.29, 1.82) is 0 Å². The first-order valence-corrected chi connectivity index (χ1v) is 3.06. The number of aromatic nitrogens is 2. The molecule has 1 heterocycles. The lowest BCUT2D eigenvalue weighted by atomic mass is 10.3. The van der Waals surface area contributed by atoms with Gasteiger partial charge in [-0.3, -0.25) is 0 Å². The highest BCUT2D eigenvalue weighted by Crippen LogP contribution is 1.98. The summed E-state index contributed by atoms with van der Waals surface area (Å²) >= 11 is 0. The van der Waals surface area contributed by atoms with E-state index in [1.807, 2.05) is 6.07 Å². The van der Waals surface area contributed by atoms with Gasteiger partial charge in [-0.1, -0.05) is 13.3 Å². The van der Waals surface area contributed by atoms with Crippen molar-refractivity contribution in [2.75, 3.05) is 0 Å². The summed E-state index contributed by atoms with van der Waals surface area (Å²) in [6.45, 7) is 2.06. The van der Waals surface area contributed by atoms with Crippen molar-refractivity contribution >= 4 is 0 Å². The summed E-state index contributed by atoms with van der Waals surface area (Å²) in [7, 11) is 0.